The summed E-state index contributed by atoms with van der Waals surface area (Å²) in [5.74, 6) is -0.618. The van der Waals surface area contributed by atoms with Gasteiger partial charge in [-0.25, -0.2) is 9.18 Å². The number of rotatable bonds is 8. The van der Waals surface area contributed by atoms with Crippen LogP contribution in [0.15, 0.2) is 36.5 Å². The fourth-order valence-corrected chi connectivity index (χ4v) is 3.63. The number of nitrogens with zero attached hydrogens (tertiary/aromatic N) is 2. The third-order valence-corrected chi connectivity index (χ3v) is 5.16. The molecular formula is C23H30FN5O3. The van der Waals surface area contributed by atoms with Crippen LogP contribution in [0.4, 0.5) is 20.6 Å². The molecule has 3 N–H and O–H groups in total. The highest BCUT2D eigenvalue weighted by molar-refractivity contribution is 5.99. The van der Waals surface area contributed by atoms with E-state index in [4.69, 9.17) is 4.74 Å². The minimum absolute atomic E-state index is 0.0589. The van der Waals surface area contributed by atoms with E-state index in [0.29, 0.717) is 25.4 Å². The van der Waals surface area contributed by atoms with Crippen molar-refractivity contribution >= 4 is 23.3 Å². The zero-order chi connectivity index (χ0) is 22.9. The monoisotopic (exact) mass is 443 g/mol. The van der Waals surface area contributed by atoms with E-state index in [1.807, 2.05) is 13.8 Å². The molecule has 172 valence electrons. The molecule has 3 amide bonds. The molecule has 8 nitrogen and oxygen atoms in total. The zero-order valence-electron chi connectivity index (χ0n) is 18.5. The van der Waals surface area contributed by atoms with Crippen molar-refractivity contribution in [3.05, 3.63) is 53.6 Å². The Morgan fingerprint density at radius 1 is 1.25 bits per heavy atom. The predicted molar refractivity (Wildman–Crippen MR) is 121 cm³/mol. The van der Waals surface area contributed by atoms with E-state index in [0.717, 1.165) is 30.6 Å². The number of carbonyl (C=O) groups is 2. The number of urea groups is 1. The number of piperidine rings is 1. The first-order valence-electron chi connectivity index (χ1n) is 10.8. The average Bonchev–Trinajstić information content (AvgIpc) is 2.76. The molecule has 0 spiro atoms. The van der Waals surface area contributed by atoms with Crippen LogP contribution < -0.4 is 16.0 Å². The van der Waals surface area contributed by atoms with E-state index < -0.39 is 11.8 Å². The Morgan fingerprint density at radius 3 is 2.84 bits per heavy atom. The Bertz CT molecular complexity index is 922. The highest BCUT2D eigenvalue weighted by Crippen LogP contribution is 2.20. The molecule has 9 heteroatoms. The van der Waals surface area contributed by atoms with E-state index in [-0.39, 0.29) is 24.2 Å². The van der Waals surface area contributed by atoms with Crippen LogP contribution >= 0.6 is 0 Å². The number of aromatic nitrogens is 1. The van der Waals surface area contributed by atoms with Crippen LogP contribution in [0.2, 0.25) is 0 Å². The largest absolute Gasteiger partial charge is 0.372 e. The molecule has 0 bridgehead atoms. The first kappa shape index (κ1) is 23.6. The first-order chi connectivity index (χ1) is 15.4. The van der Waals surface area contributed by atoms with Crippen molar-refractivity contribution in [2.75, 3.05) is 36.9 Å². The molecule has 1 aliphatic heterocycles. The molecule has 1 aromatic heterocycles. The number of benzene rings is 1. The van der Waals surface area contributed by atoms with Crippen molar-refractivity contribution in [3.63, 3.8) is 0 Å². The maximum absolute atomic E-state index is 14.3. The molecule has 3 rings (SSSR count). The van der Waals surface area contributed by atoms with Crippen molar-refractivity contribution in [1.29, 1.82) is 0 Å². The second-order valence-electron chi connectivity index (χ2n) is 7.86. The summed E-state index contributed by atoms with van der Waals surface area (Å²) in [5.41, 5.74) is 2.34. The van der Waals surface area contributed by atoms with Crippen LogP contribution in [-0.2, 0) is 16.1 Å². The average molecular weight is 444 g/mol. The molecule has 1 aromatic carbocycles. The summed E-state index contributed by atoms with van der Waals surface area (Å²) in [6, 6.07) is 7.73. The predicted octanol–water partition coefficient (Wildman–Crippen LogP) is 3.29. The Morgan fingerprint density at radius 2 is 2.09 bits per heavy atom. The lowest BCUT2D eigenvalue weighted by Gasteiger charge is -2.33. The minimum atomic E-state index is -0.540. The van der Waals surface area contributed by atoms with Crippen molar-refractivity contribution in [2.24, 2.45) is 0 Å². The van der Waals surface area contributed by atoms with Crippen LogP contribution in [0.5, 0.6) is 0 Å². The normalized spacial score (nSPS) is 16.4. The molecule has 32 heavy (non-hydrogen) atoms. The lowest BCUT2D eigenvalue weighted by atomic mass is 10.0. The number of hydrogen-bond donors (Lipinski definition) is 3. The van der Waals surface area contributed by atoms with Gasteiger partial charge in [-0.3, -0.25) is 14.7 Å². The Labute approximate surface area is 187 Å². The van der Waals surface area contributed by atoms with E-state index in [1.54, 1.807) is 30.5 Å². The van der Waals surface area contributed by atoms with Gasteiger partial charge < -0.3 is 20.7 Å². The van der Waals surface area contributed by atoms with Gasteiger partial charge in [-0.05, 0) is 63.1 Å². The smallest absolute Gasteiger partial charge is 0.323 e. The Balaban J connectivity index is 1.55. The Kier molecular flexibility index (Phi) is 8.52. The van der Waals surface area contributed by atoms with Gasteiger partial charge >= 0.3 is 6.03 Å². The second kappa shape index (κ2) is 11.5. The molecule has 0 unspecified atom stereocenters. The molecule has 0 aliphatic carbocycles. The van der Waals surface area contributed by atoms with Crippen LogP contribution in [0.1, 0.15) is 31.0 Å². The van der Waals surface area contributed by atoms with E-state index in [9.17, 15) is 14.0 Å². The summed E-state index contributed by atoms with van der Waals surface area (Å²) in [5, 5.41) is 8.21. The second-order valence-corrected chi connectivity index (χ2v) is 7.86. The number of hydrogen-bond acceptors (Lipinski definition) is 5. The third kappa shape index (κ3) is 7.28. The summed E-state index contributed by atoms with van der Waals surface area (Å²) in [7, 11) is 0. The number of anilines is 2. The number of carbonyl (C=O) groups excluding carboxylic acids is 2. The summed E-state index contributed by atoms with van der Waals surface area (Å²) in [6.45, 7) is 6.47. The molecule has 1 atom stereocenters. The lowest BCUT2D eigenvalue weighted by molar-refractivity contribution is -0.126. The zero-order valence-corrected chi connectivity index (χ0v) is 18.5. The number of halogens is 1. The lowest BCUT2D eigenvalue weighted by Crippen LogP contribution is -2.48. The van der Waals surface area contributed by atoms with E-state index >= 15 is 0 Å². The molecule has 1 saturated heterocycles. The van der Waals surface area contributed by atoms with Crippen molar-refractivity contribution in [2.45, 2.75) is 39.3 Å². The molecule has 1 aliphatic rings. The van der Waals surface area contributed by atoms with Crippen LogP contribution in [0.25, 0.3) is 0 Å². The summed E-state index contributed by atoms with van der Waals surface area (Å²) in [6.07, 6.45) is 3.42. The molecular weight excluding hydrogens is 413 g/mol. The van der Waals surface area contributed by atoms with Gasteiger partial charge in [0.2, 0.25) is 5.91 Å². The van der Waals surface area contributed by atoms with E-state index in [2.05, 4.69) is 25.8 Å². The number of ether oxygens (including phenoxy) is 1. The molecule has 0 radical (unpaired) electrons. The van der Waals surface area contributed by atoms with Gasteiger partial charge in [0.1, 0.15) is 12.4 Å². The van der Waals surface area contributed by atoms with Gasteiger partial charge in [-0.15, -0.1) is 0 Å². The number of aryl methyl sites for hydroxylation is 1. The summed E-state index contributed by atoms with van der Waals surface area (Å²) >= 11 is 0. The van der Waals surface area contributed by atoms with Crippen molar-refractivity contribution < 1.29 is 18.7 Å². The summed E-state index contributed by atoms with van der Waals surface area (Å²) in [4.78, 5) is 30.5. The fraction of sp³-hybridized carbons (Fsp3) is 0.435. The SMILES string of the molecule is CCOCC(=O)N[C@@H]1CCCN(Cc2ccc(F)c(NC(=O)Nc3ccc(C)nc3)c2)C1. The van der Waals surface area contributed by atoms with Gasteiger partial charge in [0.15, 0.2) is 0 Å². The third-order valence-electron chi connectivity index (χ3n) is 5.16. The van der Waals surface area contributed by atoms with Gasteiger partial charge in [-0.2, -0.15) is 0 Å². The van der Waals surface area contributed by atoms with Crippen molar-refractivity contribution in [1.82, 2.24) is 15.2 Å². The molecule has 2 heterocycles. The summed E-state index contributed by atoms with van der Waals surface area (Å²) < 4.78 is 19.4. The van der Waals surface area contributed by atoms with Crippen LogP contribution in [-0.4, -0.2) is 54.2 Å². The number of nitrogens with one attached hydrogen (secondary N) is 3. The molecule has 0 saturated carbocycles. The van der Waals surface area contributed by atoms with Gasteiger partial charge in [-0.1, -0.05) is 6.07 Å². The topological polar surface area (TPSA) is 95.6 Å². The van der Waals surface area contributed by atoms with Gasteiger partial charge in [0.25, 0.3) is 0 Å². The van der Waals surface area contributed by atoms with Gasteiger partial charge in [0.05, 0.1) is 17.6 Å². The van der Waals surface area contributed by atoms with Gasteiger partial charge in [0, 0.05) is 31.4 Å². The fourth-order valence-electron chi connectivity index (χ4n) is 3.63. The number of amides is 3. The maximum Gasteiger partial charge on any atom is 0.323 e. The first-order valence-corrected chi connectivity index (χ1v) is 10.8. The molecule has 1 fully saturated rings. The minimum Gasteiger partial charge on any atom is -0.372 e. The van der Waals surface area contributed by atoms with Crippen molar-refractivity contribution in [3.8, 4) is 0 Å². The maximum atomic E-state index is 14.3. The molecule has 2 aromatic rings. The number of likely N-dealkylation sites (tertiary alicyclic amines) is 1. The van der Waals surface area contributed by atoms with Crippen LogP contribution in [0.3, 0.4) is 0 Å². The van der Waals surface area contributed by atoms with E-state index in [1.165, 1.54) is 6.07 Å². The number of pyridine rings is 1. The highest BCUT2D eigenvalue weighted by atomic mass is 19.1. The van der Waals surface area contributed by atoms with Crippen LogP contribution in [0, 0.1) is 12.7 Å². The highest BCUT2D eigenvalue weighted by Gasteiger charge is 2.22. The Hall–Kier alpha value is -3.04. The standard InChI is InChI=1S/C23H30FN5O3/c1-3-32-15-22(30)26-19-5-4-10-29(14-19)13-17-7-9-20(24)21(11-17)28-23(31)27-18-8-6-16(2)25-12-18/h6-9,11-12,19H,3-5,10,13-15H2,1-2H3,(H,26,30)(H2,27,28,31)/t19-/m1/s1. The quantitative estimate of drug-likeness (QED) is 0.582.